The minimum atomic E-state index is -1.02. The lowest BCUT2D eigenvalue weighted by Crippen LogP contribution is -2.10. The average molecular weight is 306 g/mol. The zero-order chi connectivity index (χ0) is 15.4. The van der Waals surface area contributed by atoms with Gasteiger partial charge in [0.1, 0.15) is 5.82 Å². The van der Waals surface area contributed by atoms with E-state index >= 15 is 0 Å². The Morgan fingerprint density at radius 2 is 2.05 bits per heavy atom. The molecule has 0 saturated carbocycles. The number of aliphatic carboxylic acids is 1. The van der Waals surface area contributed by atoms with Gasteiger partial charge in [0.05, 0.1) is 10.7 Å². The molecule has 0 saturated heterocycles. The number of anilines is 2. The third-order valence-electron chi connectivity index (χ3n) is 2.95. The first-order chi connectivity index (χ1) is 9.97. The van der Waals surface area contributed by atoms with Gasteiger partial charge in [0, 0.05) is 18.8 Å². The van der Waals surface area contributed by atoms with Gasteiger partial charge in [-0.05, 0) is 42.0 Å². The van der Waals surface area contributed by atoms with E-state index in [1.54, 1.807) is 42.3 Å². The van der Waals surface area contributed by atoms with Crippen molar-refractivity contribution in [3.05, 3.63) is 64.9 Å². The fourth-order valence-electron chi connectivity index (χ4n) is 1.89. The maximum absolute atomic E-state index is 13.3. The van der Waals surface area contributed by atoms with E-state index in [2.05, 4.69) is 0 Å². The van der Waals surface area contributed by atoms with Crippen molar-refractivity contribution in [3.8, 4) is 0 Å². The lowest BCUT2D eigenvalue weighted by atomic mass is 10.1. The van der Waals surface area contributed by atoms with Crippen LogP contribution in [0.4, 0.5) is 15.8 Å². The van der Waals surface area contributed by atoms with Gasteiger partial charge in [-0.1, -0.05) is 23.7 Å². The molecule has 0 unspecified atom stereocenters. The molecule has 2 aromatic rings. The Hall–Kier alpha value is -2.33. The predicted octanol–water partition coefficient (Wildman–Crippen LogP) is 4.34. The highest BCUT2D eigenvalue weighted by molar-refractivity contribution is 6.33. The SMILES string of the molecule is CN(c1cccc(F)c1)c1ccc(/C=C/C(=O)O)cc1Cl. The number of nitrogens with zero attached hydrogens (tertiary/aromatic N) is 1. The summed E-state index contributed by atoms with van der Waals surface area (Å²) in [5.41, 5.74) is 2.05. The summed E-state index contributed by atoms with van der Waals surface area (Å²) in [6.07, 6.45) is 2.50. The largest absolute Gasteiger partial charge is 0.478 e. The number of carboxylic acids is 1. The molecule has 0 aliphatic heterocycles. The van der Waals surface area contributed by atoms with Crippen LogP contribution in [0.5, 0.6) is 0 Å². The summed E-state index contributed by atoms with van der Waals surface area (Å²) in [5.74, 6) is -1.34. The van der Waals surface area contributed by atoms with Crippen molar-refractivity contribution in [2.75, 3.05) is 11.9 Å². The molecule has 2 aromatic carbocycles. The molecular formula is C16H13ClFNO2. The number of benzene rings is 2. The number of halogens is 2. The van der Waals surface area contributed by atoms with Gasteiger partial charge in [0.2, 0.25) is 0 Å². The minimum Gasteiger partial charge on any atom is -0.478 e. The monoisotopic (exact) mass is 305 g/mol. The third-order valence-corrected chi connectivity index (χ3v) is 3.25. The predicted molar refractivity (Wildman–Crippen MR) is 82.6 cm³/mol. The summed E-state index contributed by atoms with van der Waals surface area (Å²) >= 11 is 6.21. The van der Waals surface area contributed by atoms with Crippen LogP contribution in [0.15, 0.2) is 48.5 Å². The fraction of sp³-hybridized carbons (Fsp3) is 0.0625. The van der Waals surface area contributed by atoms with Crippen LogP contribution < -0.4 is 4.90 Å². The molecule has 5 heteroatoms. The average Bonchev–Trinajstić information content (AvgIpc) is 2.44. The van der Waals surface area contributed by atoms with Crippen LogP contribution in [0.2, 0.25) is 5.02 Å². The van der Waals surface area contributed by atoms with Crippen molar-refractivity contribution >= 4 is 35.0 Å². The summed E-state index contributed by atoms with van der Waals surface area (Å²) in [4.78, 5) is 12.2. The van der Waals surface area contributed by atoms with Gasteiger partial charge in [0.25, 0.3) is 0 Å². The first kappa shape index (κ1) is 15.1. The number of carbonyl (C=O) groups is 1. The topological polar surface area (TPSA) is 40.5 Å². The first-order valence-corrected chi connectivity index (χ1v) is 6.55. The first-order valence-electron chi connectivity index (χ1n) is 6.17. The molecule has 0 heterocycles. The second-order valence-electron chi connectivity index (χ2n) is 4.42. The molecule has 108 valence electrons. The number of hydrogen-bond donors (Lipinski definition) is 1. The van der Waals surface area contributed by atoms with E-state index in [9.17, 15) is 9.18 Å². The molecule has 0 atom stereocenters. The van der Waals surface area contributed by atoms with Crippen LogP contribution in [0.25, 0.3) is 6.08 Å². The molecule has 3 nitrogen and oxygen atoms in total. The fourth-order valence-corrected chi connectivity index (χ4v) is 2.21. The highest BCUT2D eigenvalue weighted by atomic mass is 35.5. The van der Waals surface area contributed by atoms with E-state index in [-0.39, 0.29) is 5.82 Å². The molecule has 0 aliphatic rings. The van der Waals surface area contributed by atoms with Gasteiger partial charge in [0.15, 0.2) is 0 Å². The van der Waals surface area contributed by atoms with Crippen LogP contribution in [-0.2, 0) is 4.79 Å². The Kier molecular flexibility index (Phi) is 4.60. The zero-order valence-corrected chi connectivity index (χ0v) is 12.0. The van der Waals surface area contributed by atoms with Gasteiger partial charge in [-0.2, -0.15) is 0 Å². The molecule has 0 fully saturated rings. The van der Waals surface area contributed by atoms with Gasteiger partial charge in [-0.3, -0.25) is 0 Å². The second kappa shape index (κ2) is 6.41. The van der Waals surface area contributed by atoms with E-state index < -0.39 is 5.97 Å². The Morgan fingerprint density at radius 3 is 2.67 bits per heavy atom. The normalized spacial score (nSPS) is 10.8. The van der Waals surface area contributed by atoms with Crippen LogP contribution in [0.3, 0.4) is 0 Å². The molecular weight excluding hydrogens is 293 g/mol. The maximum Gasteiger partial charge on any atom is 0.328 e. The molecule has 2 rings (SSSR count). The van der Waals surface area contributed by atoms with Crippen LogP contribution >= 0.6 is 11.6 Å². The standard InChI is InChI=1S/C16H13ClFNO2/c1-19(13-4-2-3-12(18)10-13)15-7-5-11(9-14(15)17)6-8-16(20)21/h2-10H,1H3,(H,20,21)/b8-6+. The summed E-state index contributed by atoms with van der Waals surface area (Å²) in [5, 5.41) is 9.05. The van der Waals surface area contributed by atoms with E-state index in [0.29, 0.717) is 22.0 Å². The summed E-state index contributed by atoms with van der Waals surface area (Å²) in [6, 6.07) is 11.3. The van der Waals surface area contributed by atoms with Gasteiger partial charge in [-0.15, -0.1) is 0 Å². The Balaban J connectivity index is 2.30. The second-order valence-corrected chi connectivity index (χ2v) is 4.83. The molecule has 1 N–H and O–H groups in total. The highest BCUT2D eigenvalue weighted by Crippen LogP contribution is 2.31. The van der Waals surface area contributed by atoms with E-state index in [1.807, 2.05) is 0 Å². The quantitative estimate of drug-likeness (QED) is 0.854. The Bertz CT molecular complexity index is 700. The molecule has 21 heavy (non-hydrogen) atoms. The van der Waals surface area contributed by atoms with Crippen molar-refractivity contribution in [1.29, 1.82) is 0 Å². The van der Waals surface area contributed by atoms with E-state index in [1.165, 1.54) is 18.2 Å². The molecule has 0 amide bonds. The number of hydrogen-bond acceptors (Lipinski definition) is 2. The van der Waals surface area contributed by atoms with E-state index in [0.717, 1.165) is 6.08 Å². The Morgan fingerprint density at radius 1 is 1.29 bits per heavy atom. The minimum absolute atomic E-state index is 0.323. The van der Waals surface area contributed by atoms with Gasteiger partial charge in [-0.25, -0.2) is 9.18 Å². The zero-order valence-electron chi connectivity index (χ0n) is 11.3. The van der Waals surface area contributed by atoms with Crippen LogP contribution in [-0.4, -0.2) is 18.1 Å². The molecule has 0 aromatic heterocycles. The molecule has 0 spiro atoms. The maximum atomic E-state index is 13.3. The molecule has 0 bridgehead atoms. The van der Waals surface area contributed by atoms with Crippen molar-refractivity contribution in [1.82, 2.24) is 0 Å². The lowest BCUT2D eigenvalue weighted by Gasteiger charge is -2.21. The van der Waals surface area contributed by atoms with Crippen LogP contribution in [0.1, 0.15) is 5.56 Å². The lowest BCUT2D eigenvalue weighted by molar-refractivity contribution is -0.131. The molecule has 0 radical (unpaired) electrons. The van der Waals surface area contributed by atoms with Gasteiger partial charge >= 0.3 is 5.97 Å². The van der Waals surface area contributed by atoms with Crippen molar-refractivity contribution in [2.45, 2.75) is 0 Å². The smallest absolute Gasteiger partial charge is 0.328 e. The van der Waals surface area contributed by atoms with Crippen molar-refractivity contribution in [2.24, 2.45) is 0 Å². The summed E-state index contributed by atoms with van der Waals surface area (Å²) in [7, 11) is 1.78. The van der Waals surface area contributed by atoms with Crippen molar-refractivity contribution in [3.63, 3.8) is 0 Å². The Labute approximate surface area is 126 Å². The van der Waals surface area contributed by atoms with Gasteiger partial charge < -0.3 is 10.0 Å². The number of carboxylic acid groups (broad SMARTS) is 1. The van der Waals surface area contributed by atoms with Crippen LogP contribution in [0, 0.1) is 5.82 Å². The summed E-state index contributed by atoms with van der Waals surface area (Å²) < 4.78 is 13.3. The molecule has 0 aliphatic carbocycles. The highest BCUT2D eigenvalue weighted by Gasteiger charge is 2.09. The van der Waals surface area contributed by atoms with E-state index in [4.69, 9.17) is 16.7 Å². The third kappa shape index (κ3) is 3.83. The number of rotatable bonds is 4. The van der Waals surface area contributed by atoms with Crippen molar-refractivity contribution < 1.29 is 14.3 Å². The summed E-state index contributed by atoms with van der Waals surface area (Å²) in [6.45, 7) is 0.